The van der Waals surface area contributed by atoms with Crippen LogP contribution in [0.25, 0.3) is 21.8 Å². The van der Waals surface area contributed by atoms with E-state index in [0.717, 1.165) is 10.8 Å². The first kappa shape index (κ1) is 19.7. The molecule has 9 heteroatoms. The number of H-pyrrole nitrogens is 1. The van der Waals surface area contributed by atoms with Crippen molar-refractivity contribution in [2.75, 3.05) is 13.7 Å². The molecule has 1 fully saturated rings. The third-order valence-corrected chi connectivity index (χ3v) is 5.17. The summed E-state index contributed by atoms with van der Waals surface area (Å²) in [4.78, 5) is 19.2. The number of aliphatic hydroxyl groups excluding tert-OH is 3. The van der Waals surface area contributed by atoms with Crippen LogP contribution in [0.4, 0.5) is 0 Å². The fraction of sp³-hybridized carbons (Fsp3) is 0.400. The van der Waals surface area contributed by atoms with Gasteiger partial charge in [0.15, 0.2) is 5.78 Å². The van der Waals surface area contributed by atoms with Crippen LogP contribution in [0.2, 0.25) is 0 Å². The molecule has 29 heavy (non-hydrogen) atoms. The Morgan fingerprint density at radius 2 is 2.03 bits per heavy atom. The van der Waals surface area contributed by atoms with E-state index >= 15 is 0 Å². The van der Waals surface area contributed by atoms with Gasteiger partial charge in [0.1, 0.15) is 35.9 Å². The number of ketones is 1. The van der Waals surface area contributed by atoms with Gasteiger partial charge in [0.25, 0.3) is 0 Å². The number of ether oxygens (including phenoxy) is 3. The van der Waals surface area contributed by atoms with Gasteiger partial charge in [0.2, 0.25) is 6.29 Å². The third-order valence-electron chi connectivity index (χ3n) is 5.17. The average Bonchev–Trinajstić information content (AvgIpc) is 3.08. The molecule has 1 saturated heterocycles. The van der Waals surface area contributed by atoms with Gasteiger partial charge in [-0.1, -0.05) is 0 Å². The molecule has 0 radical (unpaired) electrons. The van der Waals surface area contributed by atoms with Crippen LogP contribution >= 0.6 is 0 Å². The lowest BCUT2D eigenvalue weighted by Crippen LogP contribution is -2.60. The summed E-state index contributed by atoms with van der Waals surface area (Å²) < 4.78 is 16.4. The fourth-order valence-corrected chi connectivity index (χ4v) is 3.72. The minimum Gasteiger partial charge on any atom is -0.462 e. The number of aromatic amines is 1. The molecule has 0 unspecified atom stereocenters. The number of nitrogens with one attached hydrogen (secondary N) is 1. The molecular formula is C20H22N2O7. The van der Waals surface area contributed by atoms with E-state index in [-0.39, 0.29) is 5.78 Å². The van der Waals surface area contributed by atoms with Crippen LogP contribution in [0, 0.1) is 0 Å². The van der Waals surface area contributed by atoms with Crippen LogP contribution < -0.4 is 4.74 Å². The topological polar surface area (TPSA) is 134 Å². The highest BCUT2D eigenvalue weighted by Crippen LogP contribution is 2.31. The SMILES string of the molecule is CO[C@H]1[C@H](O)[C@@H](O)[C@H](Oc2ccc3c(c2)[nH]c2c(C(C)=O)nccc23)O[C@@H]1CO. The van der Waals surface area contributed by atoms with Crippen molar-refractivity contribution in [2.45, 2.75) is 37.6 Å². The number of aliphatic hydroxyl groups is 3. The molecule has 3 aromatic rings. The number of methoxy groups -OCH3 is 1. The van der Waals surface area contributed by atoms with Crippen molar-refractivity contribution in [3.8, 4) is 5.75 Å². The van der Waals surface area contributed by atoms with Crippen LogP contribution in [0.3, 0.4) is 0 Å². The van der Waals surface area contributed by atoms with E-state index in [1.165, 1.54) is 14.0 Å². The first-order chi connectivity index (χ1) is 13.9. The Morgan fingerprint density at radius 3 is 2.72 bits per heavy atom. The number of hydrogen-bond donors (Lipinski definition) is 4. The lowest BCUT2D eigenvalue weighted by atomic mass is 9.99. The van der Waals surface area contributed by atoms with Crippen molar-refractivity contribution < 1.29 is 34.3 Å². The number of Topliss-reactive ketones (excluding diaryl/α,β-unsaturated/α-hetero) is 1. The highest BCUT2D eigenvalue weighted by molar-refractivity contribution is 6.14. The standard InChI is InChI=1S/C20H22N2O7/c1-9(24)15-16-12(5-6-21-15)11-4-3-10(7-13(11)22-16)28-20-18(26)17(25)19(27-2)14(8-23)29-20/h3-7,14,17-20,22-23,25-26H,8H2,1-2H3/t14-,17-,18-,19-,20-/m1/s1. The van der Waals surface area contributed by atoms with Gasteiger partial charge in [-0.3, -0.25) is 9.78 Å². The molecular weight excluding hydrogens is 380 g/mol. The van der Waals surface area contributed by atoms with Gasteiger partial charge < -0.3 is 34.5 Å². The zero-order valence-electron chi connectivity index (χ0n) is 15.9. The Morgan fingerprint density at radius 1 is 1.24 bits per heavy atom. The van der Waals surface area contributed by atoms with E-state index < -0.39 is 37.3 Å². The highest BCUT2D eigenvalue weighted by Gasteiger charge is 2.45. The van der Waals surface area contributed by atoms with E-state index in [0.29, 0.717) is 22.5 Å². The second-order valence-corrected chi connectivity index (χ2v) is 7.00. The maximum Gasteiger partial charge on any atom is 0.229 e. The molecule has 1 aliphatic rings. The van der Waals surface area contributed by atoms with Crippen molar-refractivity contribution >= 4 is 27.6 Å². The Kier molecular flexibility index (Phi) is 5.24. The number of rotatable bonds is 5. The Hall–Kier alpha value is -2.56. The van der Waals surface area contributed by atoms with E-state index in [1.807, 2.05) is 12.1 Å². The number of pyridine rings is 1. The number of benzene rings is 1. The number of carbonyl (C=O) groups excluding carboxylic acids is 1. The largest absolute Gasteiger partial charge is 0.462 e. The van der Waals surface area contributed by atoms with E-state index in [9.17, 15) is 20.1 Å². The smallest absolute Gasteiger partial charge is 0.229 e. The molecule has 4 N–H and O–H groups in total. The molecule has 1 aliphatic heterocycles. The van der Waals surface area contributed by atoms with E-state index in [1.54, 1.807) is 18.3 Å². The second kappa shape index (κ2) is 7.69. The molecule has 154 valence electrons. The number of hydrogen-bond acceptors (Lipinski definition) is 8. The predicted molar refractivity (Wildman–Crippen MR) is 103 cm³/mol. The van der Waals surface area contributed by atoms with Crippen molar-refractivity contribution in [1.29, 1.82) is 0 Å². The highest BCUT2D eigenvalue weighted by atomic mass is 16.7. The van der Waals surface area contributed by atoms with Gasteiger partial charge >= 0.3 is 0 Å². The molecule has 0 bridgehead atoms. The number of nitrogens with zero attached hydrogens (tertiary/aromatic N) is 1. The maximum atomic E-state index is 11.8. The summed E-state index contributed by atoms with van der Waals surface area (Å²) >= 11 is 0. The van der Waals surface area contributed by atoms with Gasteiger partial charge in [-0.05, 0) is 18.2 Å². The van der Waals surface area contributed by atoms with Crippen molar-refractivity contribution in [3.05, 3.63) is 36.2 Å². The molecule has 5 atom stereocenters. The van der Waals surface area contributed by atoms with Gasteiger partial charge in [-0.25, -0.2) is 0 Å². The molecule has 2 aromatic heterocycles. The summed E-state index contributed by atoms with van der Waals surface area (Å²) in [5.41, 5.74) is 1.71. The molecule has 0 aliphatic carbocycles. The summed E-state index contributed by atoms with van der Waals surface area (Å²) in [7, 11) is 1.36. The van der Waals surface area contributed by atoms with Gasteiger partial charge in [-0.2, -0.15) is 0 Å². The minimum atomic E-state index is -1.37. The Labute approximate surface area is 165 Å². The number of fused-ring (bicyclic) bond motifs is 3. The van der Waals surface area contributed by atoms with Crippen LogP contribution in [0.1, 0.15) is 17.4 Å². The lowest BCUT2D eigenvalue weighted by Gasteiger charge is -2.41. The molecule has 0 spiro atoms. The first-order valence-corrected chi connectivity index (χ1v) is 9.18. The monoisotopic (exact) mass is 402 g/mol. The summed E-state index contributed by atoms with van der Waals surface area (Å²) in [6, 6.07) is 7.04. The summed E-state index contributed by atoms with van der Waals surface area (Å²) in [6.45, 7) is 1.06. The van der Waals surface area contributed by atoms with Gasteiger partial charge in [0, 0.05) is 37.1 Å². The van der Waals surface area contributed by atoms with Gasteiger partial charge in [-0.15, -0.1) is 0 Å². The third kappa shape index (κ3) is 3.37. The molecule has 0 amide bonds. The molecule has 0 saturated carbocycles. The quantitative estimate of drug-likeness (QED) is 0.460. The van der Waals surface area contributed by atoms with E-state index in [4.69, 9.17) is 14.2 Å². The van der Waals surface area contributed by atoms with Crippen molar-refractivity contribution in [2.24, 2.45) is 0 Å². The van der Waals surface area contributed by atoms with Crippen molar-refractivity contribution in [3.63, 3.8) is 0 Å². The fourth-order valence-electron chi connectivity index (χ4n) is 3.72. The van der Waals surface area contributed by atoms with Crippen molar-refractivity contribution in [1.82, 2.24) is 9.97 Å². The number of aromatic nitrogens is 2. The second-order valence-electron chi connectivity index (χ2n) is 7.00. The zero-order chi connectivity index (χ0) is 20.7. The van der Waals surface area contributed by atoms with Crippen LogP contribution in [0.15, 0.2) is 30.5 Å². The average molecular weight is 402 g/mol. The number of carbonyl (C=O) groups is 1. The Balaban J connectivity index is 1.65. The molecule has 9 nitrogen and oxygen atoms in total. The maximum absolute atomic E-state index is 11.8. The summed E-state index contributed by atoms with van der Waals surface area (Å²) in [5.74, 6) is 0.235. The lowest BCUT2D eigenvalue weighted by molar-refractivity contribution is -0.281. The van der Waals surface area contributed by atoms with Crippen LogP contribution in [-0.2, 0) is 9.47 Å². The van der Waals surface area contributed by atoms with Crippen LogP contribution in [-0.4, -0.2) is 75.5 Å². The van der Waals surface area contributed by atoms with Gasteiger partial charge in [0.05, 0.1) is 17.6 Å². The predicted octanol–water partition coefficient (Wildman–Crippen LogP) is 0.751. The molecule has 1 aromatic carbocycles. The first-order valence-electron chi connectivity index (χ1n) is 9.18. The van der Waals surface area contributed by atoms with E-state index in [2.05, 4.69) is 9.97 Å². The summed E-state index contributed by atoms with van der Waals surface area (Å²) in [6.07, 6.45) is -3.96. The molecule has 4 rings (SSSR count). The Bertz CT molecular complexity index is 1050. The normalized spacial score (nSPS) is 27.4. The molecule has 3 heterocycles. The zero-order valence-corrected chi connectivity index (χ0v) is 15.9. The summed E-state index contributed by atoms with van der Waals surface area (Å²) in [5, 5.41) is 31.8. The van der Waals surface area contributed by atoms with Crippen LogP contribution in [0.5, 0.6) is 5.75 Å². The minimum absolute atomic E-state index is 0.144.